The lowest BCUT2D eigenvalue weighted by Crippen LogP contribution is -2.26. The summed E-state index contributed by atoms with van der Waals surface area (Å²) < 4.78 is 27.1. The largest absolute Gasteiger partial charge is 0.295 e. The van der Waals surface area contributed by atoms with Crippen LogP contribution in [-0.4, -0.2) is 25.7 Å². The lowest BCUT2D eigenvalue weighted by atomic mass is 10.2. The van der Waals surface area contributed by atoms with Crippen LogP contribution in [0.3, 0.4) is 0 Å². The first-order valence-electron chi connectivity index (χ1n) is 6.83. The van der Waals surface area contributed by atoms with Crippen LogP contribution in [0.1, 0.15) is 32.9 Å². The van der Waals surface area contributed by atoms with Gasteiger partial charge in [0.25, 0.3) is 0 Å². The third kappa shape index (κ3) is 4.00. The molecule has 0 unspecified atom stereocenters. The number of carbonyl (C=O) groups excluding carboxylic acids is 1. The summed E-state index contributed by atoms with van der Waals surface area (Å²) >= 11 is 1.58. The van der Waals surface area contributed by atoms with Gasteiger partial charge in [-0.25, -0.2) is 18.1 Å². The second kappa shape index (κ2) is 6.68. The zero-order chi connectivity index (χ0) is 16.3. The fraction of sp³-hybridized carbons (Fsp3) is 0.333. The van der Waals surface area contributed by atoms with Crippen LogP contribution >= 0.6 is 11.3 Å². The minimum absolute atomic E-state index is 0.109. The first-order valence-corrected chi connectivity index (χ1v) is 9.13. The predicted molar refractivity (Wildman–Crippen MR) is 86.9 cm³/mol. The van der Waals surface area contributed by atoms with Crippen LogP contribution < -0.4 is 4.72 Å². The van der Waals surface area contributed by atoms with Crippen LogP contribution in [-0.2, 0) is 16.4 Å². The molecule has 5 nitrogen and oxygen atoms in total. The van der Waals surface area contributed by atoms with Crippen molar-refractivity contribution in [2.24, 2.45) is 0 Å². The van der Waals surface area contributed by atoms with E-state index in [1.54, 1.807) is 23.5 Å². The van der Waals surface area contributed by atoms with E-state index in [0.29, 0.717) is 18.5 Å². The fourth-order valence-electron chi connectivity index (χ4n) is 2.07. The van der Waals surface area contributed by atoms with Gasteiger partial charge in [-0.15, -0.1) is 11.3 Å². The van der Waals surface area contributed by atoms with Crippen molar-refractivity contribution in [2.45, 2.75) is 32.1 Å². The van der Waals surface area contributed by atoms with E-state index in [0.717, 1.165) is 15.6 Å². The Kier molecular flexibility index (Phi) is 5.10. The lowest BCUT2D eigenvalue weighted by Gasteiger charge is -2.07. The van der Waals surface area contributed by atoms with Gasteiger partial charge in [0.1, 0.15) is 0 Å². The number of benzene rings is 1. The maximum atomic E-state index is 12.3. The van der Waals surface area contributed by atoms with Crippen molar-refractivity contribution in [3.63, 3.8) is 0 Å². The number of hydrogen-bond donors (Lipinski definition) is 1. The summed E-state index contributed by atoms with van der Waals surface area (Å²) in [4.78, 5) is 16.9. The van der Waals surface area contributed by atoms with E-state index in [1.165, 1.54) is 19.1 Å². The van der Waals surface area contributed by atoms with Gasteiger partial charge in [-0.05, 0) is 39.3 Å². The fourth-order valence-corrected chi connectivity index (χ4v) is 4.08. The van der Waals surface area contributed by atoms with Crippen LogP contribution in [0.2, 0.25) is 0 Å². The van der Waals surface area contributed by atoms with E-state index >= 15 is 0 Å². The molecular formula is C15H18N2O3S2. The molecule has 0 fully saturated rings. The van der Waals surface area contributed by atoms with E-state index < -0.39 is 10.0 Å². The topological polar surface area (TPSA) is 76.1 Å². The molecule has 2 rings (SSSR count). The Morgan fingerprint density at radius 1 is 1.32 bits per heavy atom. The average molecular weight is 338 g/mol. The quantitative estimate of drug-likeness (QED) is 0.821. The van der Waals surface area contributed by atoms with Crippen molar-refractivity contribution < 1.29 is 13.2 Å². The molecule has 0 aliphatic carbocycles. The molecule has 0 radical (unpaired) electrons. The molecule has 0 aliphatic rings. The van der Waals surface area contributed by atoms with Gasteiger partial charge in [0.15, 0.2) is 5.78 Å². The number of aromatic nitrogens is 1. The highest BCUT2D eigenvalue weighted by Crippen LogP contribution is 2.17. The molecule has 2 aromatic rings. The van der Waals surface area contributed by atoms with Crippen LogP contribution in [0.5, 0.6) is 0 Å². The van der Waals surface area contributed by atoms with E-state index in [1.807, 2.05) is 13.8 Å². The van der Waals surface area contributed by atoms with E-state index in [4.69, 9.17) is 0 Å². The van der Waals surface area contributed by atoms with Crippen LogP contribution in [0.4, 0.5) is 0 Å². The van der Waals surface area contributed by atoms with Gasteiger partial charge in [0.2, 0.25) is 10.0 Å². The lowest BCUT2D eigenvalue weighted by molar-refractivity contribution is 0.101. The Bertz CT molecular complexity index is 795. The zero-order valence-corrected chi connectivity index (χ0v) is 14.3. The molecule has 0 saturated carbocycles. The highest BCUT2D eigenvalue weighted by molar-refractivity contribution is 7.89. The third-order valence-corrected chi connectivity index (χ3v) is 5.79. The highest BCUT2D eigenvalue weighted by Gasteiger charge is 2.15. The molecule has 0 amide bonds. The van der Waals surface area contributed by atoms with Crippen molar-refractivity contribution >= 4 is 27.1 Å². The number of hydrogen-bond acceptors (Lipinski definition) is 5. The monoisotopic (exact) mass is 338 g/mol. The number of thiazole rings is 1. The number of ketones is 1. The Morgan fingerprint density at radius 2 is 2.05 bits per heavy atom. The van der Waals surface area contributed by atoms with Gasteiger partial charge >= 0.3 is 0 Å². The van der Waals surface area contributed by atoms with Crippen molar-refractivity contribution in [2.75, 3.05) is 6.54 Å². The SMILES string of the molecule is CC(=O)c1cccc(S(=O)(=O)NCCc2sc(C)nc2C)c1. The highest BCUT2D eigenvalue weighted by atomic mass is 32.2. The molecule has 118 valence electrons. The molecule has 0 atom stereocenters. The molecule has 0 bridgehead atoms. The van der Waals surface area contributed by atoms with E-state index in [-0.39, 0.29) is 10.7 Å². The molecule has 1 aromatic heterocycles. The Labute approximate surface area is 134 Å². The van der Waals surface area contributed by atoms with Gasteiger partial charge in [-0.1, -0.05) is 12.1 Å². The molecule has 22 heavy (non-hydrogen) atoms. The van der Waals surface area contributed by atoms with E-state index in [2.05, 4.69) is 9.71 Å². The Balaban J connectivity index is 2.06. The molecular weight excluding hydrogens is 320 g/mol. The molecule has 0 spiro atoms. The van der Waals surface area contributed by atoms with E-state index in [9.17, 15) is 13.2 Å². The number of sulfonamides is 1. The minimum atomic E-state index is -3.61. The summed E-state index contributed by atoms with van der Waals surface area (Å²) in [5.41, 5.74) is 1.33. The molecule has 0 saturated heterocycles. The standard InChI is InChI=1S/C15H18N2O3S2/c1-10-15(21-12(3)17-10)7-8-16-22(19,20)14-6-4-5-13(9-14)11(2)18/h4-6,9,16H,7-8H2,1-3H3. The summed E-state index contributed by atoms with van der Waals surface area (Å²) in [5, 5.41) is 0.976. The Hall–Kier alpha value is -1.57. The molecule has 1 aromatic carbocycles. The first-order chi connectivity index (χ1) is 10.3. The maximum absolute atomic E-state index is 12.3. The second-order valence-corrected chi connectivity index (χ2v) is 8.03. The summed E-state index contributed by atoms with van der Waals surface area (Å²) in [6.45, 7) is 5.56. The Morgan fingerprint density at radius 3 is 2.64 bits per heavy atom. The minimum Gasteiger partial charge on any atom is -0.295 e. The van der Waals surface area contributed by atoms with Crippen molar-refractivity contribution in [1.82, 2.24) is 9.71 Å². The third-order valence-electron chi connectivity index (χ3n) is 3.19. The smallest absolute Gasteiger partial charge is 0.240 e. The van der Waals surface area contributed by atoms with Crippen LogP contribution in [0.15, 0.2) is 29.2 Å². The van der Waals surface area contributed by atoms with Crippen LogP contribution in [0.25, 0.3) is 0 Å². The van der Waals surface area contributed by atoms with Gasteiger partial charge in [0, 0.05) is 17.0 Å². The van der Waals surface area contributed by atoms with Crippen molar-refractivity contribution in [3.8, 4) is 0 Å². The number of aryl methyl sites for hydroxylation is 2. The number of Topliss-reactive ketones (excluding diaryl/α,β-unsaturated/α-hetero) is 1. The number of nitrogens with one attached hydrogen (secondary N) is 1. The maximum Gasteiger partial charge on any atom is 0.240 e. The molecule has 1 heterocycles. The summed E-state index contributed by atoms with van der Waals surface area (Å²) in [7, 11) is -3.61. The summed E-state index contributed by atoms with van der Waals surface area (Å²) in [6, 6.07) is 6.05. The number of carbonyl (C=O) groups is 1. The van der Waals surface area contributed by atoms with Crippen molar-refractivity contribution in [1.29, 1.82) is 0 Å². The first kappa shape index (κ1) is 16.8. The molecule has 1 N–H and O–H groups in total. The van der Waals surface area contributed by atoms with Crippen LogP contribution in [0, 0.1) is 13.8 Å². The van der Waals surface area contributed by atoms with Crippen molar-refractivity contribution in [3.05, 3.63) is 45.4 Å². The van der Waals surface area contributed by atoms with Gasteiger partial charge < -0.3 is 0 Å². The predicted octanol–water partition coefficient (Wildman–Crippen LogP) is 2.48. The number of nitrogens with zero attached hydrogens (tertiary/aromatic N) is 1. The summed E-state index contributed by atoms with van der Waals surface area (Å²) in [5.74, 6) is -0.159. The second-order valence-electron chi connectivity index (χ2n) is 4.97. The van der Waals surface area contributed by atoms with Gasteiger partial charge in [-0.3, -0.25) is 4.79 Å². The number of rotatable bonds is 6. The normalized spacial score (nSPS) is 11.6. The average Bonchev–Trinajstić information content (AvgIpc) is 2.77. The van der Waals surface area contributed by atoms with Gasteiger partial charge in [0.05, 0.1) is 15.6 Å². The molecule has 0 aliphatic heterocycles. The van der Waals surface area contributed by atoms with Gasteiger partial charge in [-0.2, -0.15) is 0 Å². The summed E-state index contributed by atoms with van der Waals surface area (Å²) in [6.07, 6.45) is 0.600. The zero-order valence-electron chi connectivity index (χ0n) is 12.7. The molecule has 7 heteroatoms.